The molecular formula is C23H16F2N4O5. The number of H-pyrrole nitrogens is 1. The number of halogens is 2. The van der Waals surface area contributed by atoms with E-state index in [1.165, 1.54) is 54.9 Å². The number of carboxylic acid groups (broad SMARTS) is 1. The number of aromatic amines is 1. The Labute approximate surface area is 190 Å². The van der Waals surface area contributed by atoms with Crippen molar-refractivity contribution in [3.63, 3.8) is 0 Å². The van der Waals surface area contributed by atoms with Crippen molar-refractivity contribution >= 4 is 34.6 Å². The van der Waals surface area contributed by atoms with Gasteiger partial charge in [-0.15, -0.1) is 0 Å². The summed E-state index contributed by atoms with van der Waals surface area (Å²) in [7, 11) is 0. The molecule has 11 heteroatoms. The normalized spacial score (nSPS) is 10.6. The topological polar surface area (TPSA) is 133 Å². The zero-order chi connectivity index (χ0) is 24.2. The van der Waals surface area contributed by atoms with Gasteiger partial charge in [-0.05, 0) is 35.9 Å². The number of nitrogens with zero attached hydrogens (tertiary/aromatic N) is 1. The second-order valence-electron chi connectivity index (χ2n) is 7.09. The number of nitrogens with one attached hydrogen (secondary N) is 3. The van der Waals surface area contributed by atoms with E-state index in [0.29, 0.717) is 5.56 Å². The molecule has 4 N–H and O–H groups in total. The van der Waals surface area contributed by atoms with Gasteiger partial charge in [-0.2, -0.15) is 0 Å². The van der Waals surface area contributed by atoms with E-state index in [0.717, 1.165) is 6.07 Å². The number of imide groups is 1. The number of hydrogen-bond acceptors (Lipinski definition) is 5. The van der Waals surface area contributed by atoms with Crippen LogP contribution in [0.15, 0.2) is 60.9 Å². The fraction of sp³-hybridized carbons (Fsp3) is 0.0435. The van der Waals surface area contributed by atoms with Gasteiger partial charge in [-0.3, -0.25) is 10.1 Å². The molecular weight excluding hydrogens is 450 g/mol. The van der Waals surface area contributed by atoms with Crippen LogP contribution in [0.4, 0.5) is 19.3 Å². The second kappa shape index (κ2) is 9.36. The average Bonchev–Trinajstić information content (AvgIpc) is 3.22. The number of urea groups is 1. The molecule has 0 radical (unpaired) electrons. The van der Waals surface area contributed by atoms with Crippen molar-refractivity contribution in [2.45, 2.75) is 6.42 Å². The first-order chi connectivity index (χ1) is 16.3. The highest BCUT2D eigenvalue weighted by Crippen LogP contribution is 2.33. The molecule has 0 unspecified atom stereocenters. The lowest BCUT2D eigenvalue weighted by Crippen LogP contribution is -2.35. The summed E-state index contributed by atoms with van der Waals surface area (Å²) in [6.07, 6.45) is 2.49. The van der Waals surface area contributed by atoms with Crippen molar-refractivity contribution in [3.05, 3.63) is 83.7 Å². The minimum absolute atomic E-state index is 0.0460. The number of fused-ring (bicyclic) bond motifs is 1. The molecule has 0 spiro atoms. The maximum absolute atomic E-state index is 14.6. The van der Waals surface area contributed by atoms with Crippen LogP contribution >= 0.6 is 0 Å². The molecule has 34 heavy (non-hydrogen) atoms. The highest BCUT2D eigenvalue weighted by molar-refractivity contribution is 6.05. The van der Waals surface area contributed by atoms with Gasteiger partial charge >= 0.3 is 12.0 Å². The van der Waals surface area contributed by atoms with Gasteiger partial charge in [0.2, 0.25) is 5.91 Å². The summed E-state index contributed by atoms with van der Waals surface area (Å²) < 4.78 is 33.1. The number of carboxylic acids is 1. The van der Waals surface area contributed by atoms with Crippen LogP contribution < -0.4 is 15.4 Å². The Balaban J connectivity index is 1.42. The van der Waals surface area contributed by atoms with Crippen LogP contribution in [0.1, 0.15) is 15.9 Å². The molecule has 3 amide bonds. The van der Waals surface area contributed by atoms with Gasteiger partial charge in [0.05, 0.1) is 17.4 Å². The smallest absolute Gasteiger partial charge is 0.338 e. The fourth-order valence-corrected chi connectivity index (χ4v) is 3.18. The number of amides is 3. The van der Waals surface area contributed by atoms with E-state index < -0.39 is 29.5 Å². The lowest BCUT2D eigenvalue weighted by atomic mass is 10.1. The van der Waals surface area contributed by atoms with E-state index >= 15 is 0 Å². The van der Waals surface area contributed by atoms with E-state index in [9.17, 15) is 28.3 Å². The van der Waals surface area contributed by atoms with Crippen LogP contribution in [0.5, 0.6) is 11.5 Å². The van der Waals surface area contributed by atoms with Crippen LogP contribution in [0.3, 0.4) is 0 Å². The number of pyridine rings is 1. The molecule has 2 heterocycles. The average molecular weight is 466 g/mol. The first-order valence-corrected chi connectivity index (χ1v) is 9.82. The summed E-state index contributed by atoms with van der Waals surface area (Å²) in [6, 6.07) is 9.32. The monoisotopic (exact) mass is 466 g/mol. The Kier molecular flexibility index (Phi) is 6.17. The van der Waals surface area contributed by atoms with Gasteiger partial charge in [-0.25, -0.2) is 23.4 Å². The molecule has 0 fully saturated rings. The molecule has 2 aromatic carbocycles. The SMILES string of the molecule is O=C(Cc1ccc(F)cc1)NC(=O)Nc1ccc(Oc2ccnc3[nH]cc(C(=O)O)c23)c(F)c1. The lowest BCUT2D eigenvalue weighted by Gasteiger charge is -2.11. The van der Waals surface area contributed by atoms with Gasteiger partial charge in [0.1, 0.15) is 17.2 Å². The molecule has 0 aliphatic heterocycles. The lowest BCUT2D eigenvalue weighted by molar-refractivity contribution is -0.119. The standard InChI is InChI=1S/C23H16F2N4O5/c24-13-3-1-12(2-4-13)9-19(30)29-23(33)28-14-5-6-17(16(25)10-14)34-18-7-8-26-21-20(18)15(11-27-21)22(31)32/h1-8,10-11H,9H2,(H,26,27)(H,31,32)(H2,28,29,30,33). The van der Waals surface area contributed by atoms with Gasteiger partial charge in [0, 0.05) is 24.1 Å². The fourth-order valence-electron chi connectivity index (χ4n) is 3.18. The van der Waals surface area contributed by atoms with Crippen LogP contribution in [0.25, 0.3) is 11.0 Å². The zero-order valence-electron chi connectivity index (χ0n) is 17.3. The number of carbonyl (C=O) groups excluding carboxylic acids is 2. The first kappa shape index (κ1) is 22.4. The van der Waals surface area contributed by atoms with Crippen molar-refractivity contribution in [3.8, 4) is 11.5 Å². The van der Waals surface area contributed by atoms with Gasteiger partial charge < -0.3 is 20.1 Å². The molecule has 2 aromatic heterocycles. The minimum Gasteiger partial charge on any atom is -0.478 e. The number of hydrogen-bond donors (Lipinski definition) is 4. The molecule has 4 aromatic rings. The van der Waals surface area contributed by atoms with Crippen molar-refractivity contribution in [2.24, 2.45) is 0 Å². The third-order valence-electron chi connectivity index (χ3n) is 4.71. The number of benzene rings is 2. The zero-order valence-corrected chi connectivity index (χ0v) is 17.3. The van der Waals surface area contributed by atoms with Crippen molar-refractivity contribution in [1.82, 2.24) is 15.3 Å². The molecule has 0 atom stereocenters. The van der Waals surface area contributed by atoms with E-state index in [1.807, 2.05) is 0 Å². The van der Waals surface area contributed by atoms with E-state index in [1.54, 1.807) is 0 Å². The minimum atomic E-state index is -1.20. The van der Waals surface area contributed by atoms with Crippen LogP contribution in [0.2, 0.25) is 0 Å². The molecule has 0 saturated carbocycles. The second-order valence-corrected chi connectivity index (χ2v) is 7.09. The number of ether oxygens (including phenoxy) is 1. The number of rotatable bonds is 6. The predicted molar refractivity (Wildman–Crippen MR) is 117 cm³/mol. The third kappa shape index (κ3) is 4.99. The van der Waals surface area contributed by atoms with Crippen molar-refractivity contribution in [1.29, 1.82) is 0 Å². The van der Waals surface area contributed by atoms with Crippen LogP contribution in [0, 0.1) is 11.6 Å². The Bertz CT molecular complexity index is 1400. The van der Waals surface area contributed by atoms with Crippen LogP contribution in [-0.4, -0.2) is 33.0 Å². The maximum Gasteiger partial charge on any atom is 0.338 e. The molecule has 0 aliphatic rings. The van der Waals surface area contributed by atoms with E-state index in [4.69, 9.17) is 4.74 Å². The molecule has 0 aliphatic carbocycles. The Morgan fingerprint density at radius 1 is 1.03 bits per heavy atom. The summed E-state index contributed by atoms with van der Waals surface area (Å²) in [6.45, 7) is 0. The summed E-state index contributed by atoms with van der Waals surface area (Å²) in [5.74, 6) is -3.26. The number of aromatic nitrogens is 2. The summed E-state index contributed by atoms with van der Waals surface area (Å²) in [5, 5.41) is 13.9. The van der Waals surface area contributed by atoms with Crippen molar-refractivity contribution < 1.29 is 33.0 Å². The predicted octanol–water partition coefficient (Wildman–Crippen LogP) is 4.22. The quantitative estimate of drug-likeness (QED) is 0.336. The summed E-state index contributed by atoms with van der Waals surface area (Å²) >= 11 is 0. The molecule has 4 rings (SSSR count). The first-order valence-electron chi connectivity index (χ1n) is 9.82. The molecule has 0 saturated heterocycles. The summed E-state index contributed by atoms with van der Waals surface area (Å²) in [5.41, 5.74) is 0.733. The summed E-state index contributed by atoms with van der Waals surface area (Å²) in [4.78, 5) is 42.2. The van der Waals surface area contributed by atoms with Gasteiger partial charge in [-0.1, -0.05) is 12.1 Å². The van der Waals surface area contributed by atoms with Gasteiger partial charge in [0.25, 0.3) is 0 Å². The van der Waals surface area contributed by atoms with Crippen molar-refractivity contribution in [2.75, 3.05) is 5.32 Å². The van der Waals surface area contributed by atoms with E-state index in [2.05, 4.69) is 20.6 Å². The number of anilines is 1. The largest absolute Gasteiger partial charge is 0.478 e. The Morgan fingerprint density at radius 3 is 2.50 bits per heavy atom. The van der Waals surface area contributed by atoms with E-state index in [-0.39, 0.29) is 40.2 Å². The number of aromatic carboxylic acids is 1. The maximum atomic E-state index is 14.6. The molecule has 9 nitrogen and oxygen atoms in total. The van der Waals surface area contributed by atoms with Gasteiger partial charge in [0.15, 0.2) is 11.6 Å². The number of carbonyl (C=O) groups is 3. The molecule has 0 bridgehead atoms. The Hall–Kier alpha value is -4.80. The highest BCUT2D eigenvalue weighted by atomic mass is 19.1. The Morgan fingerprint density at radius 2 is 1.79 bits per heavy atom. The molecule has 172 valence electrons. The van der Waals surface area contributed by atoms with Crippen LogP contribution in [-0.2, 0) is 11.2 Å². The third-order valence-corrected chi connectivity index (χ3v) is 4.71. The highest BCUT2D eigenvalue weighted by Gasteiger charge is 2.18.